The molecule has 0 aliphatic heterocycles. The first-order chi connectivity index (χ1) is 9.66. The van der Waals surface area contributed by atoms with Gasteiger partial charge in [-0.05, 0) is 26.3 Å². The standard InChI is InChI=1S/C14H23N5S/c1-4-11-6-13(19(5-2)18-11)7-12(17-15)8-14-16-10(3)9-20-14/h6,9,12,17H,4-5,7-8,15H2,1-3H3. The minimum atomic E-state index is 0.187. The Kier molecular flexibility index (Phi) is 5.28. The fourth-order valence-electron chi connectivity index (χ4n) is 2.28. The molecule has 0 saturated heterocycles. The van der Waals surface area contributed by atoms with Crippen molar-refractivity contribution in [1.29, 1.82) is 0 Å². The van der Waals surface area contributed by atoms with E-state index in [1.54, 1.807) is 11.3 Å². The summed E-state index contributed by atoms with van der Waals surface area (Å²) in [6, 6.07) is 2.37. The average molecular weight is 293 g/mol. The number of hydrogen-bond acceptors (Lipinski definition) is 5. The summed E-state index contributed by atoms with van der Waals surface area (Å²) in [5, 5.41) is 7.79. The van der Waals surface area contributed by atoms with E-state index in [2.05, 4.69) is 45.5 Å². The number of hydrazine groups is 1. The molecule has 0 bridgehead atoms. The second-order valence-corrected chi connectivity index (χ2v) is 5.89. The van der Waals surface area contributed by atoms with E-state index >= 15 is 0 Å². The van der Waals surface area contributed by atoms with Crippen LogP contribution in [0.2, 0.25) is 0 Å². The molecule has 110 valence electrons. The summed E-state index contributed by atoms with van der Waals surface area (Å²) in [6.45, 7) is 7.15. The molecule has 1 unspecified atom stereocenters. The van der Waals surface area contributed by atoms with E-state index in [1.165, 1.54) is 5.69 Å². The first-order valence-electron chi connectivity index (χ1n) is 7.09. The molecule has 1 atom stereocenters. The highest BCUT2D eigenvalue weighted by molar-refractivity contribution is 7.09. The van der Waals surface area contributed by atoms with Crippen LogP contribution in [0.5, 0.6) is 0 Å². The van der Waals surface area contributed by atoms with Crippen LogP contribution >= 0.6 is 11.3 Å². The monoisotopic (exact) mass is 293 g/mol. The van der Waals surface area contributed by atoms with Gasteiger partial charge in [0.25, 0.3) is 0 Å². The maximum Gasteiger partial charge on any atom is 0.0944 e. The largest absolute Gasteiger partial charge is 0.271 e. The molecule has 3 N–H and O–H groups in total. The summed E-state index contributed by atoms with van der Waals surface area (Å²) >= 11 is 1.69. The van der Waals surface area contributed by atoms with Crippen molar-refractivity contribution in [1.82, 2.24) is 20.2 Å². The Morgan fingerprint density at radius 2 is 2.20 bits per heavy atom. The summed E-state index contributed by atoms with van der Waals surface area (Å²) in [6.07, 6.45) is 2.69. The fourth-order valence-corrected chi connectivity index (χ4v) is 3.13. The van der Waals surface area contributed by atoms with Gasteiger partial charge in [0.15, 0.2) is 0 Å². The summed E-state index contributed by atoms with van der Waals surface area (Å²) < 4.78 is 2.07. The minimum absolute atomic E-state index is 0.187. The van der Waals surface area contributed by atoms with E-state index in [0.29, 0.717) is 0 Å². The molecule has 2 rings (SSSR count). The van der Waals surface area contributed by atoms with Crippen molar-refractivity contribution < 1.29 is 0 Å². The van der Waals surface area contributed by atoms with Gasteiger partial charge >= 0.3 is 0 Å². The lowest BCUT2D eigenvalue weighted by Gasteiger charge is -2.15. The highest BCUT2D eigenvalue weighted by Crippen LogP contribution is 2.14. The molecule has 0 aromatic carbocycles. The van der Waals surface area contributed by atoms with Gasteiger partial charge in [-0.15, -0.1) is 11.3 Å². The molecule has 0 aliphatic carbocycles. The van der Waals surface area contributed by atoms with Crippen LogP contribution in [-0.2, 0) is 25.8 Å². The fraction of sp³-hybridized carbons (Fsp3) is 0.571. The average Bonchev–Trinajstić information content (AvgIpc) is 3.04. The van der Waals surface area contributed by atoms with E-state index in [0.717, 1.165) is 42.2 Å². The van der Waals surface area contributed by atoms with Gasteiger partial charge in [0, 0.05) is 42.2 Å². The molecule has 0 saturated carbocycles. The third kappa shape index (κ3) is 3.65. The lowest BCUT2D eigenvalue weighted by Crippen LogP contribution is -2.39. The zero-order valence-corrected chi connectivity index (χ0v) is 13.2. The third-order valence-corrected chi connectivity index (χ3v) is 4.34. The number of nitrogens with two attached hydrogens (primary N) is 1. The van der Waals surface area contributed by atoms with Gasteiger partial charge in [0.2, 0.25) is 0 Å². The van der Waals surface area contributed by atoms with Crippen molar-refractivity contribution in [3.63, 3.8) is 0 Å². The number of nitrogens with zero attached hydrogens (tertiary/aromatic N) is 3. The molecule has 5 nitrogen and oxygen atoms in total. The Labute approximate surface area is 124 Å². The zero-order valence-electron chi connectivity index (χ0n) is 12.4. The van der Waals surface area contributed by atoms with Crippen molar-refractivity contribution in [2.24, 2.45) is 5.84 Å². The minimum Gasteiger partial charge on any atom is -0.271 e. The lowest BCUT2D eigenvalue weighted by molar-refractivity contribution is 0.495. The Balaban J connectivity index is 2.07. The normalized spacial score (nSPS) is 12.8. The lowest BCUT2D eigenvalue weighted by atomic mass is 10.1. The van der Waals surface area contributed by atoms with Crippen LogP contribution in [0.3, 0.4) is 0 Å². The predicted octanol–water partition coefficient (Wildman–Crippen LogP) is 1.85. The zero-order chi connectivity index (χ0) is 14.5. The van der Waals surface area contributed by atoms with Crippen molar-refractivity contribution in [2.75, 3.05) is 0 Å². The van der Waals surface area contributed by atoms with Gasteiger partial charge in [-0.3, -0.25) is 16.0 Å². The summed E-state index contributed by atoms with van der Waals surface area (Å²) in [4.78, 5) is 4.50. The molecule has 0 aliphatic rings. The van der Waals surface area contributed by atoms with Crippen LogP contribution in [0.1, 0.15) is 35.9 Å². The Hall–Kier alpha value is -1.24. The van der Waals surface area contributed by atoms with Crippen molar-refractivity contribution in [3.8, 4) is 0 Å². The number of aryl methyl sites for hydroxylation is 3. The molecule has 2 aromatic rings. The van der Waals surface area contributed by atoms with Crippen LogP contribution < -0.4 is 11.3 Å². The highest BCUT2D eigenvalue weighted by atomic mass is 32.1. The van der Waals surface area contributed by atoms with Crippen LogP contribution in [0.15, 0.2) is 11.4 Å². The van der Waals surface area contributed by atoms with Gasteiger partial charge in [-0.1, -0.05) is 6.92 Å². The van der Waals surface area contributed by atoms with Gasteiger partial charge in [-0.25, -0.2) is 4.98 Å². The summed E-state index contributed by atoms with van der Waals surface area (Å²) in [7, 11) is 0. The first-order valence-corrected chi connectivity index (χ1v) is 7.96. The number of aromatic nitrogens is 3. The number of nitrogens with one attached hydrogen (secondary N) is 1. The number of hydrogen-bond donors (Lipinski definition) is 2. The highest BCUT2D eigenvalue weighted by Gasteiger charge is 2.15. The maximum absolute atomic E-state index is 5.70. The molecule has 0 spiro atoms. The molecule has 2 aromatic heterocycles. The summed E-state index contributed by atoms with van der Waals surface area (Å²) in [5.74, 6) is 5.70. The van der Waals surface area contributed by atoms with E-state index < -0.39 is 0 Å². The van der Waals surface area contributed by atoms with Crippen LogP contribution in [0.4, 0.5) is 0 Å². The molecule has 2 heterocycles. The molecule has 0 fully saturated rings. The van der Waals surface area contributed by atoms with Gasteiger partial charge < -0.3 is 0 Å². The molecule has 0 radical (unpaired) electrons. The SMILES string of the molecule is CCc1cc(CC(Cc2nc(C)cs2)NN)n(CC)n1. The van der Waals surface area contributed by atoms with E-state index in [1.807, 2.05) is 6.92 Å². The van der Waals surface area contributed by atoms with Gasteiger partial charge in [0.05, 0.1) is 10.7 Å². The maximum atomic E-state index is 5.70. The van der Waals surface area contributed by atoms with Crippen molar-refractivity contribution in [2.45, 2.75) is 52.6 Å². The first kappa shape index (κ1) is 15.2. The van der Waals surface area contributed by atoms with Gasteiger partial charge in [0.1, 0.15) is 0 Å². The summed E-state index contributed by atoms with van der Waals surface area (Å²) in [5.41, 5.74) is 6.37. The Morgan fingerprint density at radius 1 is 1.40 bits per heavy atom. The topological polar surface area (TPSA) is 68.8 Å². The van der Waals surface area contributed by atoms with Gasteiger partial charge in [-0.2, -0.15) is 5.10 Å². The molecule has 0 amide bonds. The molecule has 20 heavy (non-hydrogen) atoms. The Morgan fingerprint density at radius 3 is 2.75 bits per heavy atom. The van der Waals surface area contributed by atoms with E-state index in [4.69, 9.17) is 5.84 Å². The van der Waals surface area contributed by atoms with E-state index in [9.17, 15) is 0 Å². The predicted molar refractivity (Wildman–Crippen MR) is 82.6 cm³/mol. The molecular formula is C14H23N5S. The Bertz CT molecular complexity index is 546. The quantitative estimate of drug-likeness (QED) is 0.604. The van der Waals surface area contributed by atoms with Crippen molar-refractivity contribution >= 4 is 11.3 Å². The second-order valence-electron chi connectivity index (χ2n) is 4.95. The van der Waals surface area contributed by atoms with Crippen LogP contribution in [0, 0.1) is 6.92 Å². The molecular weight excluding hydrogens is 270 g/mol. The van der Waals surface area contributed by atoms with E-state index in [-0.39, 0.29) is 6.04 Å². The molecule has 6 heteroatoms. The van der Waals surface area contributed by atoms with Crippen molar-refractivity contribution in [3.05, 3.63) is 33.5 Å². The smallest absolute Gasteiger partial charge is 0.0944 e. The second kappa shape index (κ2) is 6.97. The number of thiazole rings is 1. The third-order valence-electron chi connectivity index (χ3n) is 3.35. The van der Waals surface area contributed by atoms with Crippen LogP contribution in [-0.4, -0.2) is 20.8 Å². The van der Waals surface area contributed by atoms with Crippen LogP contribution in [0.25, 0.3) is 0 Å². The number of rotatable bonds is 7.